The van der Waals surface area contributed by atoms with Crippen LogP contribution in [0.1, 0.15) is 44.4 Å². The van der Waals surface area contributed by atoms with Crippen molar-refractivity contribution in [3.05, 3.63) is 36.1 Å². The van der Waals surface area contributed by atoms with Crippen LogP contribution in [0.2, 0.25) is 0 Å². The van der Waals surface area contributed by atoms with Gasteiger partial charge in [-0.2, -0.15) is 0 Å². The lowest BCUT2D eigenvalue weighted by Crippen LogP contribution is -2.36. The number of furan rings is 1. The van der Waals surface area contributed by atoms with E-state index in [-0.39, 0.29) is 17.9 Å². The maximum Gasteiger partial charge on any atom is 0.306 e. The number of carbonyl (C=O) groups excluding carboxylic acids is 1. The number of carboxylic acids is 1. The molecule has 0 spiro atoms. The first-order chi connectivity index (χ1) is 11.0. The van der Waals surface area contributed by atoms with Crippen LogP contribution in [-0.2, 0) is 9.59 Å². The smallest absolute Gasteiger partial charge is 0.306 e. The number of fused-ring (bicyclic) bond motifs is 1. The van der Waals surface area contributed by atoms with E-state index in [9.17, 15) is 9.59 Å². The third kappa shape index (κ3) is 3.38. The van der Waals surface area contributed by atoms with E-state index in [2.05, 4.69) is 5.32 Å². The topological polar surface area (TPSA) is 79.5 Å². The highest BCUT2D eigenvalue weighted by Gasteiger charge is 2.31. The molecule has 0 saturated heterocycles. The molecule has 3 atom stereocenters. The second kappa shape index (κ2) is 6.44. The van der Waals surface area contributed by atoms with Gasteiger partial charge in [-0.3, -0.25) is 9.59 Å². The molecule has 0 radical (unpaired) electrons. The van der Waals surface area contributed by atoms with Crippen LogP contribution in [0.4, 0.5) is 0 Å². The number of hydrogen-bond donors (Lipinski definition) is 2. The first-order valence-corrected chi connectivity index (χ1v) is 8.06. The molecule has 23 heavy (non-hydrogen) atoms. The van der Waals surface area contributed by atoms with Gasteiger partial charge in [-0.1, -0.05) is 24.6 Å². The van der Waals surface area contributed by atoms with Gasteiger partial charge in [0.1, 0.15) is 11.3 Å². The summed E-state index contributed by atoms with van der Waals surface area (Å²) in [5.74, 6) is -0.792. The standard InChI is InChI=1S/C18H21NO4/c1-11(16-10-12-5-2-3-8-15(12)23-16)19-17(20)13-6-4-7-14(9-13)18(21)22/h2-3,5,8,10-11,13-14H,4,6-7,9H2,1H3,(H,19,20)(H,21,22). The fourth-order valence-electron chi connectivity index (χ4n) is 3.27. The van der Waals surface area contributed by atoms with E-state index in [1.165, 1.54) is 0 Å². The van der Waals surface area contributed by atoms with Gasteiger partial charge in [-0.15, -0.1) is 0 Å². The van der Waals surface area contributed by atoms with E-state index in [1.807, 2.05) is 37.3 Å². The molecule has 2 N–H and O–H groups in total. The minimum atomic E-state index is -0.798. The molecular formula is C18H21NO4. The van der Waals surface area contributed by atoms with E-state index >= 15 is 0 Å². The van der Waals surface area contributed by atoms with Crippen molar-refractivity contribution in [2.24, 2.45) is 11.8 Å². The van der Waals surface area contributed by atoms with E-state index in [0.717, 1.165) is 23.8 Å². The number of nitrogens with one attached hydrogen (secondary N) is 1. The molecule has 3 rings (SSSR count). The maximum absolute atomic E-state index is 12.4. The number of benzene rings is 1. The van der Waals surface area contributed by atoms with Gasteiger partial charge < -0.3 is 14.8 Å². The molecule has 1 fully saturated rings. The first-order valence-electron chi connectivity index (χ1n) is 8.06. The van der Waals surface area contributed by atoms with Crippen molar-refractivity contribution in [2.75, 3.05) is 0 Å². The van der Waals surface area contributed by atoms with Gasteiger partial charge >= 0.3 is 5.97 Å². The minimum absolute atomic E-state index is 0.0797. The fraction of sp³-hybridized carbons (Fsp3) is 0.444. The largest absolute Gasteiger partial charge is 0.481 e. The van der Waals surface area contributed by atoms with Crippen LogP contribution in [0.5, 0.6) is 0 Å². The Morgan fingerprint density at radius 1 is 1.26 bits per heavy atom. The zero-order chi connectivity index (χ0) is 16.4. The van der Waals surface area contributed by atoms with Gasteiger partial charge in [-0.05, 0) is 38.3 Å². The Bertz CT molecular complexity index is 688. The van der Waals surface area contributed by atoms with Crippen molar-refractivity contribution >= 4 is 22.8 Å². The quantitative estimate of drug-likeness (QED) is 0.905. The molecule has 0 aliphatic heterocycles. The zero-order valence-corrected chi connectivity index (χ0v) is 13.1. The van der Waals surface area contributed by atoms with Gasteiger partial charge in [-0.25, -0.2) is 0 Å². The Labute approximate surface area is 134 Å². The summed E-state index contributed by atoms with van der Waals surface area (Å²) in [4.78, 5) is 23.5. The minimum Gasteiger partial charge on any atom is -0.481 e. The number of hydrogen-bond acceptors (Lipinski definition) is 3. The van der Waals surface area contributed by atoms with Gasteiger partial charge in [0.25, 0.3) is 0 Å². The lowest BCUT2D eigenvalue weighted by Gasteiger charge is -2.26. The summed E-state index contributed by atoms with van der Waals surface area (Å²) in [6.45, 7) is 1.88. The number of rotatable bonds is 4. The second-order valence-corrected chi connectivity index (χ2v) is 6.32. The predicted molar refractivity (Wildman–Crippen MR) is 85.9 cm³/mol. The van der Waals surface area contributed by atoms with E-state index in [4.69, 9.17) is 9.52 Å². The average molecular weight is 315 g/mol. The van der Waals surface area contributed by atoms with Gasteiger partial charge in [0.05, 0.1) is 12.0 Å². The van der Waals surface area contributed by atoms with E-state index in [0.29, 0.717) is 18.6 Å². The summed E-state index contributed by atoms with van der Waals surface area (Å²) in [7, 11) is 0. The van der Waals surface area contributed by atoms with Crippen LogP contribution >= 0.6 is 0 Å². The number of carbonyl (C=O) groups is 2. The Morgan fingerprint density at radius 3 is 2.74 bits per heavy atom. The van der Waals surface area contributed by atoms with Crippen molar-refractivity contribution in [2.45, 2.75) is 38.6 Å². The van der Waals surface area contributed by atoms with E-state index in [1.54, 1.807) is 0 Å². The molecule has 1 saturated carbocycles. The van der Waals surface area contributed by atoms with Crippen LogP contribution in [0.15, 0.2) is 34.7 Å². The summed E-state index contributed by atoms with van der Waals surface area (Å²) in [5, 5.41) is 13.1. The Kier molecular flexibility index (Phi) is 4.37. The van der Waals surface area contributed by atoms with Crippen LogP contribution < -0.4 is 5.32 Å². The van der Waals surface area contributed by atoms with Gasteiger partial charge in [0, 0.05) is 11.3 Å². The first kappa shape index (κ1) is 15.6. The number of carboxylic acid groups (broad SMARTS) is 1. The number of aliphatic carboxylic acids is 1. The molecule has 3 unspecified atom stereocenters. The van der Waals surface area contributed by atoms with E-state index < -0.39 is 11.9 Å². The molecule has 2 aromatic rings. The summed E-state index contributed by atoms with van der Waals surface area (Å²) in [5.41, 5.74) is 0.798. The molecule has 1 aromatic heterocycles. The van der Waals surface area contributed by atoms with Crippen LogP contribution in [0, 0.1) is 11.8 Å². The monoisotopic (exact) mass is 315 g/mol. The maximum atomic E-state index is 12.4. The van der Waals surface area contributed by atoms with Crippen LogP contribution in [-0.4, -0.2) is 17.0 Å². The molecule has 1 amide bonds. The summed E-state index contributed by atoms with van der Waals surface area (Å²) >= 11 is 0. The molecule has 5 nitrogen and oxygen atoms in total. The van der Waals surface area contributed by atoms with Crippen LogP contribution in [0.3, 0.4) is 0 Å². The molecule has 5 heteroatoms. The highest BCUT2D eigenvalue weighted by Crippen LogP contribution is 2.30. The molecule has 1 heterocycles. The summed E-state index contributed by atoms with van der Waals surface area (Å²) in [6.07, 6.45) is 2.63. The molecule has 0 bridgehead atoms. The zero-order valence-electron chi connectivity index (χ0n) is 13.1. The van der Waals surface area contributed by atoms with Gasteiger partial charge in [0.15, 0.2) is 0 Å². The molecular weight excluding hydrogens is 294 g/mol. The Hall–Kier alpha value is -2.30. The highest BCUT2D eigenvalue weighted by molar-refractivity contribution is 5.81. The third-order valence-electron chi connectivity index (χ3n) is 4.62. The SMILES string of the molecule is CC(NC(=O)C1CCCC(C(=O)O)C1)c1cc2ccccc2o1. The number of amides is 1. The van der Waals surface area contributed by atoms with Crippen molar-refractivity contribution in [3.8, 4) is 0 Å². The second-order valence-electron chi connectivity index (χ2n) is 6.32. The summed E-state index contributed by atoms with van der Waals surface area (Å²) < 4.78 is 5.77. The third-order valence-corrected chi connectivity index (χ3v) is 4.62. The lowest BCUT2D eigenvalue weighted by atomic mass is 9.81. The van der Waals surface area contributed by atoms with Gasteiger partial charge in [0.2, 0.25) is 5.91 Å². The molecule has 122 valence electrons. The van der Waals surface area contributed by atoms with Crippen LogP contribution in [0.25, 0.3) is 11.0 Å². The highest BCUT2D eigenvalue weighted by atomic mass is 16.4. The number of para-hydroxylation sites is 1. The summed E-state index contributed by atoms with van der Waals surface area (Å²) in [6, 6.07) is 9.41. The predicted octanol–water partition coefficient (Wildman–Crippen LogP) is 3.50. The average Bonchev–Trinajstić information content (AvgIpc) is 2.99. The Morgan fingerprint density at radius 2 is 2.00 bits per heavy atom. The molecule has 1 aliphatic rings. The van der Waals surface area contributed by atoms with Crippen molar-refractivity contribution in [1.29, 1.82) is 0 Å². The normalized spacial score (nSPS) is 22.7. The Balaban J connectivity index is 1.65. The van der Waals surface area contributed by atoms with Crippen molar-refractivity contribution in [1.82, 2.24) is 5.32 Å². The fourth-order valence-corrected chi connectivity index (χ4v) is 3.27. The van der Waals surface area contributed by atoms with Crippen molar-refractivity contribution < 1.29 is 19.1 Å². The molecule has 1 aliphatic carbocycles. The molecule has 1 aromatic carbocycles. The van der Waals surface area contributed by atoms with Crippen molar-refractivity contribution in [3.63, 3.8) is 0 Å². The lowest BCUT2D eigenvalue weighted by molar-refractivity contribution is -0.144.